The molecular formula is C4H9F. The summed E-state index contributed by atoms with van der Waals surface area (Å²) in [6.45, 7) is 7.50. The molecule has 0 bridgehead atoms. The van der Waals surface area contributed by atoms with Crippen LogP contribution in [0.25, 0.3) is 0 Å². The molecule has 0 aromatic rings. The molecule has 32 valence electrons. The van der Waals surface area contributed by atoms with E-state index in [1.807, 2.05) is 13.8 Å². The fraction of sp³-hybridized carbons (Fsp3) is 0.500. The summed E-state index contributed by atoms with van der Waals surface area (Å²) in [5.74, 6) is 0. The van der Waals surface area contributed by atoms with Crippen molar-refractivity contribution in [2.75, 3.05) is 0 Å². The molecule has 0 saturated heterocycles. The van der Waals surface area contributed by atoms with Crippen molar-refractivity contribution in [2.24, 2.45) is 0 Å². The Bertz CT molecular complexity index is 30.5. The van der Waals surface area contributed by atoms with Gasteiger partial charge in [0.2, 0.25) is 0 Å². The topological polar surface area (TPSA) is 0 Å². The highest BCUT2D eigenvalue weighted by Crippen LogP contribution is 1.73. The summed E-state index contributed by atoms with van der Waals surface area (Å²) in [5, 5.41) is 0. The van der Waals surface area contributed by atoms with Crippen molar-refractivity contribution in [3.63, 3.8) is 0 Å². The minimum absolute atomic E-state index is 0. The van der Waals surface area contributed by atoms with Crippen molar-refractivity contribution in [2.45, 2.75) is 13.8 Å². The molecule has 0 amide bonds. The molecule has 0 aromatic carbocycles. The van der Waals surface area contributed by atoms with Crippen molar-refractivity contribution in [3.05, 3.63) is 12.2 Å². The molecular weight excluding hydrogens is 67.0 g/mol. The SMILES string of the molecule is C=C(C)C.[F-].[H+]. The van der Waals surface area contributed by atoms with Gasteiger partial charge >= 0.3 is 1.43 Å². The molecule has 5 heavy (non-hydrogen) atoms. The Morgan fingerprint density at radius 2 is 1.60 bits per heavy atom. The Balaban J connectivity index is -0.0000000450. The third kappa shape index (κ3) is 94.0. The zero-order valence-electron chi connectivity index (χ0n) is 4.59. The van der Waals surface area contributed by atoms with Crippen LogP contribution in [0.3, 0.4) is 0 Å². The second-order valence-corrected chi connectivity index (χ2v) is 1.21. The second kappa shape index (κ2) is 3.67. The summed E-state index contributed by atoms with van der Waals surface area (Å²) in [6, 6.07) is 0. The van der Waals surface area contributed by atoms with Crippen LogP contribution < -0.4 is 4.70 Å². The van der Waals surface area contributed by atoms with E-state index in [1.54, 1.807) is 0 Å². The smallest absolute Gasteiger partial charge is 1.00 e. The zero-order chi connectivity index (χ0) is 3.58. The van der Waals surface area contributed by atoms with Gasteiger partial charge < -0.3 is 4.70 Å². The molecule has 0 heterocycles. The minimum Gasteiger partial charge on any atom is -1.00 e. The zero-order valence-corrected chi connectivity index (χ0v) is 3.59. The third-order valence-corrected chi connectivity index (χ3v) is 0. The van der Waals surface area contributed by atoms with Gasteiger partial charge in [0, 0.05) is 0 Å². The molecule has 0 radical (unpaired) electrons. The molecule has 0 aliphatic rings. The van der Waals surface area contributed by atoms with Crippen LogP contribution in [0.4, 0.5) is 0 Å². The van der Waals surface area contributed by atoms with Gasteiger partial charge in [0.1, 0.15) is 0 Å². The van der Waals surface area contributed by atoms with Gasteiger partial charge in [0.25, 0.3) is 0 Å². The van der Waals surface area contributed by atoms with E-state index in [0.717, 1.165) is 0 Å². The number of hydrogen-bond donors (Lipinski definition) is 0. The van der Waals surface area contributed by atoms with E-state index in [0.29, 0.717) is 0 Å². The van der Waals surface area contributed by atoms with Gasteiger partial charge in [-0.1, -0.05) is 5.57 Å². The highest BCUT2D eigenvalue weighted by Gasteiger charge is 1.51. The van der Waals surface area contributed by atoms with Gasteiger partial charge in [-0.2, -0.15) is 0 Å². The van der Waals surface area contributed by atoms with Crippen LogP contribution in [0.15, 0.2) is 12.2 Å². The van der Waals surface area contributed by atoms with Crippen molar-refractivity contribution < 1.29 is 6.13 Å². The maximum atomic E-state index is 3.56. The van der Waals surface area contributed by atoms with Crippen LogP contribution in [-0.2, 0) is 0 Å². The lowest BCUT2D eigenvalue weighted by atomic mass is 10.4. The quantitative estimate of drug-likeness (QED) is 0.315. The summed E-state index contributed by atoms with van der Waals surface area (Å²) >= 11 is 0. The number of allylic oxidation sites excluding steroid dienone is 1. The van der Waals surface area contributed by atoms with E-state index >= 15 is 0 Å². The molecule has 1 heteroatoms. The van der Waals surface area contributed by atoms with Crippen LogP contribution >= 0.6 is 0 Å². The molecule has 0 nitrogen and oxygen atoms in total. The average molecular weight is 76.1 g/mol. The average Bonchev–Trinajstić information content (AvgIpc) is 0.811. The Labute approximate surface area is 33.4 Å². The minimum atomic E-state index is 0. The lowest BCUT2D eigenvalue weighted by Gasteiger charge is -1.65. The predicted octanol–water partition coefficient (Wildman–Crippen LogP) is -1.30. The van der Waals surface area contributed by atoms with Crippen molar-refractivity contribution >= 4 is 0 Å². The largest absolute Gasteiger partial charge is 1.00 e. The highest BCUT2D eigenvalue weighted by atomic mass is 19.0. The predicted molar refractivity (Wildman–Crippen MR) is 21.6 cm³/mol. The van der Waals surface area contributed by atoms with E-state index in [9.17, 15) is 0 Å². The van der Waals surface area contributed by atoms with Gasteiger partial charge in [0.15, 0.2) is 0 Å². The monoisotopic (exact) mass is 76.1 g/mol. The maximum Gasteiger partial charge on any atom is 1.00 e. The van der Waals surface area contributed by atoms with Crippen molar-refractivity contribution in [3.8, 4) is 0 Å². The van der Waals surface area contributed by atoms with E-state index in [2.05, 4.69) is 6.58 Å². The van der Waals surface area contributed by atoms with Crippen molar-refractivity contribution in [1.29, 1.82) is 0 Å². The van der Waals surface area contributed by atoms with Gasteiger partial charge in [-0.25, -0.2) is 0 Å². The van der Waals surface area contributed by atoms with Gasteiger partial charge in [-0.05, 0) is 13.8 Å². The van der Waals surface area contributed by atoms with E-state index in [1.165, 1.54) is 5.57 Å². The van der Waals surface area contributed by atoms with Crippen molar-refractivity contribution in [1.82, 2.24) is 0 Å². The molecule has 0 fully saturated rings. The molecule has 0 aliphatic carbocycles. The van der Waals surface area contributed by atoms with Gasteiger partial charge in [-0.3, -0.25) is 0 Å². The lowest BCUT2D eigenvalue weighted by Crippen LogP contribution is -3.00. The normalized spacial score (nSPS) is 5.20. The summed E-state index contributed by atoms with van der Waals surface area (Å²) in [5.41, 5.74) is 1.17. The first-order valence-electron chi connectivity index (χ1n) is 1.35. The fourth-order valence-electron chi connectivity index (χ4n) is 0. The summed E-state index contributed by atoms with van der Waals surface area (Å²) < 4.78 is 0. The molecule has 0 aromatic heterocycles. The standard InChI is InChI=1S/C4H8.FH/c1-4(2)3;/h1H2,2-3H3;1H. The van der Waals surface area contributed by atoms with Gasteiger partial charge in [0.05, 0.1) is 0 Å². The van der Waals surface area contributed by atoms with E-state index in [4.69, 9.17) is 0 Å². The fourth-order valence-corrected chi connectivity index (χ4v) is 0. The number of hydrogen-bond acceptors (Lipinski definition) is 0. The molecule has 0 aliphatic heterocycles. The summed E-state index contributed by atoms with van der Waals surface area (Å²) in [6.07, 6.45) is 0. The van der Waals surface area contributed by atoms with E-state index < -0.39 is 0 Å². The third-order valence-electron chi connectivity index (χ3n) is 0. The van der Waals surface area contributed by atoms with Crippen LogP contribution in [-0.4, -0.2) is 0 Å². The maximum absolute atomic E-state index is 3.56. The molecule has 0 rings (SSSR count). The Hall–Kier alpha value is -0.330. The summed E-state index contributed by atoms with van der Waals surface area (Å²) in [7, 11) is 0. The Morgan fingerprint density at radius 1 is 1.60 bits per heavy atom. The molecule has 0 atom stereocenters. The van der Waals surface area contributed by atoms with Crippen LogP contribution in [0.2, 0.25) is 0 Å². The van der Waals surface area contributed by atoms with Crippen LogP contribution in [0.1, 0.15) is 15.3 Å². The Kier molecular flexibility index (Phi) is 6.48. The molecule has 0 unspecified atom stereocenters. The Morgan fingerprint density at radius 3 is 1.60 bits per heavy atom. The van der Waals surface area contributed by atoms with Crippen LogP contribution in [0, 0.1) is 0 Å². The second-order valence-electron chi connectivity index (χ2n) is 1.21. The molecule has 0 spiro atoms. The first kappa shape index (κ1) is 8.82. The van der Waals surface area contributed by atoms with Crippen LogP contribution in [0.5, 0.6) is 0 Å². The first-order chi connectivity index (χ1) is 1.73. The number of halogens is 1. The first-order valence-corrected chi connectivity index (χ1v) is 1.35. The molecule has 0 saturated carbocycles. The lowest BCUT2D eigenvalue weighted by molar-refractivity contribution is -0.00000108. The van der Waals surface area contributed by atoms with E-state index in [-0.39, 0.29) is 6.13 Å². The summed E-state index contributed by atoms with van der Waals surface area (Å²) in [4.78, 5) is 0. The highest BCUT2D eigenvalue weighted by molar-refractivity contribution is 4.78. The molecule has 0 N–H and O–H groups in total. The number of rotatable bonds is 0. The van der Waals surface area contributed by atoms with Gasteiger partial charge in [-0.15, -0.1) is 6.58 Å².